The largest absolute Gasteiger partial charge is 0.338 e. The van der Waals surface area contributed by atoms with Crippen molar-refractivity contribution in [3.05, 3.63) is 29.3 Å². The van der Waals surface area contributed by atoms with E-state index in [2.05, 4.69) is 10.6 Å². The molecule has 1 aromatic carbocycles. The van der Waals surface area contributed by atoms with Gasteiger partial charge in [0, 0.05) is 18.3 Å². The Morgan fingerprint density at radius 3 is 3.12 bits per heavy atom. The number of nitrogens with two attached hydrogens (primary N) is 1. The number of carbonyl (C=O) groups is 1. The van der Waals surface area contributed by atoms with E-state index >= 15 is 0 Å². The predicted octanol–water partition coefficient (Wildman–Crippen LogP) is 1.77. The highest BCUT2D eigenvalue weighted by atomic mass is 16.2. The molecule has 86 valence electrons. The van der Waals surface area contributed by atoms with E-state index in [1.807, 2.05) is 25.1 Å². The maximum atomic E-state index is 11.4. The van der Waals surface area contributed by atoms with E-state index in [0.717, 1.165) is 24.1 Å². The minimum atomic E-state index is -0.156. The number of nitrogens with one attached hydrogen (secondary N) is 2. The monoisotopic (exact) mass is 219 g/mol. The number of carbonyl (C=O) groups excluding carboxylic acids is 1. The molecule has 4 N–H and O–H groups in total. The van der Waals surface area contributed by atoms with Crippen LogP contribution >= 0.6 is 0 Å². The standard InChI is InChI=1S/C12H17N3O/c1-2-14-12(16)15-11-5-3-4-8-9(11)6-7-10(8)13/h3-5,10H,2,6-7,13H2,1H3,(H2,14,15,16). The van der Waals surface area contributed by atoms with Gasteiger partial charge in [-0.2, -0.15) is 0 Å². The molecule has 0 radical (unpaired) electrons. The summed E-state index contributed by atoms with van der Waals surface area (Å²) in [6, 6.07) is 5.86. The van der Waals surface area contributed by atoms with Gasteiger partial charge in [0.25, 0.3) is 0 Å². The molecule has 1 atom stereocenters. The molecule has 4 heteroatoms. The van der Waals surface area contributed by atoms with Crippen LogP contribution < -0.4 is 16.4 Å². The number of fused-ring (bicyclic) bond motifs is 1. The molecule has 1 aliphatic carbocycles. The summed E-state index contributed by atoms with van der Waals surface area (Å²) < 4.78 is 0. The molecule has 0 bridgehead atoms. The molecule has 4 nitrogen and oxygen atoms in total. The van der Waals surface area contributed by atoms with Gasteiger partial charge in [-0.25, -0.2) is 4.79 Å². The molecule has 1 aliphatic rings. The first-order valence-electron chi connectivity index (χ1n) is 5.64. The van der Waals surface area contributed by atoms with E-state index in [9.17, 15) is 4.79 Å². The molecule has 0 aromatic heterocycles. The maximum absolute atomic E-state index is 11.4. The minimum absolute atomic E-state index is 0.117. The zero-order chi connectivity index (χ0) is 11.5. The summed E-state index contributed by atoms with van der Waals surface area (Å²) in [5.74, 6) is 0. The van der Waals surface area contributed by atoms with Crippen molar-refractivity contribution in [3.8, 4) is 0 Å². The topological polar surface area (TPSA) is 67.2 Å². The van der Waals surface area contributed by atoms with Gasteiger partial charge in [0.2, 0.25) is 0 Å². The zero-order valence-electron chi connectivity index (χ0n) is 9.42. The number of hydrogen-bond donors (Lipinski definition) is 3. The Kier molecular flexibility index (Phi) is 3.10. The quantitative estimate of drug-likeness (QED) is 0.709. The average Bonchev–Trinajstić information content (AvgIpc) is 2.62. The predicted molar refractivity (Wildman–Crippen MR) is 64.4 cm³/mol. The lowest BCUT2D eigenvalue weighted by atomic mass is 10.1. The summed E-state index contributed by atoms with van der Waals surface area (Å²) >= 11 is 0. The minimum Gasteiger partial charge on any atom is -0.338 e. The van der Waals surface area contributed by atoms with Crippen LogP contribution in [0.2, 0.25) is 0 Å². The fourth-order valence-electron chi connectivity index (χ4n) is 2.13. The third-order valence-corrected chi connectivity index (χ3v) is 2.90. The smallest absolute Gasteiger partial charge is 0.319 e. The zero-order valence-corrected chi connectivity index (χ0v) is 9.42. The van der Waals surface area contributed by atoms with Crippen molar-refractivity contribution in [1.82, 2.24) is 5.32 Å². The molecule has 0 saturated carbocycles. The van der Waals surface area contributed by atoms with Crippen LogP contribution in [0, 0.1) is 0 Å². The van der Waals surface area contributed by atoms with Crippen LogP contribution in [0.4, 0.5) is 10.5 Å². The molecule has 0 saturated heterocycles. The number of urea groups is 1. The van der Waals surface area contributed by atoms with Gasteiger partial charge in [-0.1, -0.05) is 12.1 Å². The molecule has 0 spiro atoms. The molecule has 2 rings (SSSR count). The summed E-state index contributed by atoms with van der Waals surface area (Å²) in [5, 5.41) is 5.57. The van der Waals surface area contributed by atoms with Gasteiger partial charge < -0.3 is 16.4 Å². The lowest BCUT2D eigenvalue weighted by molar-refractivity contribution is 0.252. The normalized spacial score (nSPS) is 18.0. The van der Waals surface area contributed by atoms with E-state index in [4.69, 9.17) is 5.73 Å². The second kappa shape index (κ2) is 4.53. The number of rotatable bonds is 2. The van der Waals surface area contributed by atoms with E-state index in [-0.39, 0.29) is 12.1 Å². The van der Waals surface area contributed by atoms with Gasteiger partial charge in [0.1, 0.15) is 0 Å². The van der Waals surface area contributed by atoms with Crippen LogP contribution in [-0.4, -0.2) is 12.6 Å². The van der Waals surface area contributed by atoms with Crippen LogP contribution in [0.5, 0.6) is 0 Å². The Labute approximate surface area is 95.2 Å². The second-order valence-electron chi connectivity index (χ2n) is 4.00. The number of benzene rings is 1. The van der Waals surface area contributed by atoms with E-state index in [1.165, 1.54) is 5.56 Å². The van der Waals surface area contributed by atoms with Crippen LogP contribution in [0.15, 0.2) is 18.2 Å². The summed E-state index contributed by atoms with van der Waals surface area (Å²) in [6.45, 7) is 2.52. The first-order valence-corrected chi connectivity index (χ1v) is 5.64. The fraction of sp³-hybridized carbons (Fsp3) is 0.417. The van der Waals surface area contributed by atoms with Crippen molar-refractivity contribution < 1.29 is 4.79 Å². The van der Waals surface area contributed by atoms with Gasteiger partial charge in [-0.05, 0) is 37.0 Å². The highest BCUT2D eigenvalue weighted by molar-refractivity contribution is 5.90. The molecule has 0 fully saturated rings. The van der Waals surface area contributed by atoms with Crippen LogP contribution in [-0.2, 0) is 6.42 Å². The van der Waals surface area contributed by atoms with E-state index in [1.54, 1.807) is 0 Å². The third-order valence-electron chi connectivity index (χ3n) is 2.90. The van der Waals surface area contributed by atoms with Gasteiger partial charge >= 0.3 is 6.03 Å². The summed E-state index contributed by atoms with van der Waals surface area (Å²) in [5.41, 5.74) is 9.21. The lowest BCUT2D eigenvalue weighted by Crippen LogP contribution is -2.28. The van der Waals surface area contributed by atoms with Crippen molar-refractivity contribution in [2.45, 2.75) is 25.8 Å². The molecule has 16 heavy (non-hydrogen) atoms. The van der Waals surface area contributed by atoms with Gasteiger partial charge in [-0.3, -0.25) is 0 Å². The Hall–Kier alpha value is -1.55. The van der Waals surface area contributed by atoms with Crippen molar-refractivity contribution in [2.24, 2.45) is 5.73 Å². The molecule has 2 amide bonds. The van der Waals surface area contributed by atoms with Crippen LogP contribution in [0.1, 0.15) is 30.5 Å². The molecular formula is C12H17N3O. The highest BCUT2D eigenvalue weighted by Crippen LogP contribution is 2.34. The molecule has 1 unspecified atom stereocenters. The SMILES string of the molecule is CCNC(=O)Nc1cccc2c1CCC2N. The summed E-state index contributed by atoms with van der Waals surface area (Å²) in [7, 11) is 0. The Balaban J connectivity index is 2.20. The average molecular weight is 219 g/mol. The maximum Gasteiger partial charge on any atom is 0.319 e. The molecule has 0 aliphatic heterocycles. The van der Waals surface area contributed by atoms with Crippen molar-refractivity contribution in [2.75, 3.05) is 11.9 Å². The number of anilines is 1. The molecule has 0 heterocycles. The fourth-order valence-corrected chi connectivity index (χ4v) is 2.13. The lowest BCUT2D eigenvalue weighted by Gasteiger charge is -2.11. The number of hydrogen-bond acceptors (Lipinski definition) is 2. The van der Waals surface area contributed by atoms with E-state index < -0.39 is 0 Å². The van der Waals surface area contributed by atoms with Crippen LogP contribution in [0.25, 0.3) is 0 Å². The van der Waals surface area contributed by atoms with E-state index in [0.29, 0.717) is 6.54 Å². The Morgan fingerprint density at radius 1 is 1.56 bits per heavy atom. The first-order chi connectivity index (χ1) is 7.72. The highest BCUT2D eigenvalue weighted by Gasteiger charge is 2.21. The second-order valence-corrected chi connectivity index (χ2v) is 4.00. The van der Waals surface area contributed by atoms with Gasteiger partial charge in [0.05, 0.1) is 0 Å². The van der Waals surface area contributed by atoms with Crippen molar-refractivity contribution in [1.29, 1.82) is 0 Å². The summed E-state index contributed by atoms with van der Waals surface area (Å²) in [6.07, 6.45) is 1.91. The third kappa shape index (κ3) is 2.02. The number of amides is 2. The van der Waals surface area contributed by atoms with Crippen molar-refractivity contribution in [3.63, 3.8) is 0 Å². The van der Waals surface area contributed by atoms with Crippen LogP contribution in [0.3, 0.4) is 0 Å². The Bertz CT molecular complexity index is 403. The van der Waals surface area contributed by atoms with Crippen molar-refractivity contribution >= 4 is 11.7 Å². The Morgan fingerprint density at radius 2 is 2.38 bits per heavy atom. The van der Waals surface area contributed by atoms with Gasteiger partial charge in [0.15, 0.2) is 0 Å². The molecular weight excluding hydrogens is 202 g/mol. The molecule has 1 aromatic rings. The first kappa shape index (κ1) is 11.0. The summed E-state index contributed by atoms with van der Waals surface area (Å²) in [4.78, 5) is 11.4. The van der Waals surface area contributed by atoms with Gasteiger partial charge in [-0.15, -0.1) is 0 Å².